The Morgan fingerprint density at radius 3 is 1.91 bits per heavy atom. The van der Waals surface area contributed by atoms with E-state index in [1.165, 1.54) is 12.5 Å². The van der Waals surface area contributed by atoms with E-state index in [9.17, 15) is 24.3 Å². The number of carbonyl (C=O) groups is 4. The van der Waals surface area contributed by atoms with Gasteiger partial charge in [-0.3, -0.25) is 14.4 Å². The minimum Gasteiger partial charge on any atom is -0.480 e. The topological polar surface area (TPSA) is 197 Å². The van der Waals surface area contributed by atoms with Gasteiger partial charge in [-0.1, -0.05) is 36.4 Å². The van der Waals surface area contributed by atoms with Gasteiger partial charge in [-0.25, -0.2) is 9.78 Å². The van der Waals surface area contributed by atoms with Gasteiger partial charge in [0.2, 0.25) is 17.7 Å². The molecular formula is C33H36N8O5. The lowest BCUT2D eigenvalue weighted by molar-refractivity contribution is -0.142. The highest BCUT2D eigenvalue weighted by Gasteiger charge is 2.33. The number of hydrogen-bond acceptors (Lipinski definition) is 6. The zero-order chi connectivity index (χ0) is 32.0. The van der Waals surface area contributed by atoms with Gasteiger partial charge in [0, 0.05) is 65.4 Å². The Morgan fingerprint density at radius 2 is 1.37 bits per heavy atom. The number of aromatic nitrogens is 4. The molecule has 13 heteroatoms. The summed E-state index contributed by atoms with van der Waals surface area (Å²) in [5, 5.41) is 23.2. The van der Waals surface area contributed by atoms with E-state index in [4.69, 9.17) is 0 Å². The van der Waals surface area contributed by atoms with Gasteiger partial charge < -0.3 is 41.3 Å². The fourth-order valence-corrected chi connectivity index (χ4v) is 6.00. The first-order valence-corrected chi connectivity index (χ1v) is 15.3. The van der Waals surface area contributed by atoms with Crippen molar-refractivity contribution >= 4 is 45.5 Å². The Morgan fingerprint density at radius 1 is 0.783 bits per heavy atom. The quantitative estimate of drug-likeness (QED) is 0.0975. The van der Waals surface area contributed by atoms with Crippen molar-refractivity contribution in [1.82, 2.24) is 41.2 Å². The van der Waals surface area contributed by atoms with Crippen LogP contribution in [0.15, 0.2) is 73.4 Å². The van der Waals surface area contributed by atoms with E-state index in [1.807, 2.05) is 54.7 Å². The van der Waals surface area contributed by atoms with Gasteiger partial charge in [0.15, 0.2) is 0 Å². The molecule has 0 bridgehead atoms. The van der Waals surface area contributed by atoms with Crippen molar-refractivity contribution in [3.05, 3.63) is 90.3 Å². The van der Waals surface area contributed by atoms with Crippen LogP contribution in [0, 0.1) is 0 Å². The van der Waals surface area contributed by atoms with E-state index in [-0.39, 0.29) is 25.2 Å². The van der Waals surface area contributed by atoms with E-state index in [2.05, 4.69) is 41.2 Å². The smallest absolute Gasteiger partial charge is 0.326 e. The number of rotatable bonds is 13. The van der Waals surface area contributed by atoms with E-state index in [1.54, 1.807) is 6.20 Å². The standard InChI is InChI=1S/C33H36N8O5/c42-30(26-10-5-11-35-26)39-27(12-19-15-36-24-8-3-1-6-22(19)24)31(43)40-28(13-20-16-37-25-9-4-2-7-23(20)25)32(44)41-29(33(45)46)14-21-17-34-18-38-21/h1-4,6-9,15-18,26-29,35-37H,5,10-14H2,(H,34,38)(H,39,42)(H,40,43)(H,41,44)(H,45,46). The maximum atomic E-state index is 14.1. The largest absolute Gasteiger partial charge is 0.480 e. The normalized spacial score (nSPS) is 16.6. The van der Waals surface area contributed by atoms with E-state index in [0.29, 0.717) is 18.7 Å². The zero-order valence-corrected chi connectivity index (χ0v) is 25.0. The summed E-state index contributed by atoms with van der Waals surface area (Å²) in [6.45, 7) is 0.716. The van der Waals surface area contributed by atoms with Gasteiger partial charge in [0.05, 0.1) is 12.4 Å². The average Bonchev–Trinajstić information content (AvgIpc) is 3.88. The number of benzene rings is 2. The van der Waals surface area contributed by atoms with Crippen LogP contribution in [0.5, 0.6) is 0 Å². The monoisotopic (exact) mass is 624 g/mol. The molecule has 3 aromatic heterocycles. The first-order chi connectivity index (χ1) is 22.4. The summed E-state index contributed by atoms with van der Waals surface area (Å²) in [6, 6.07) is 11.4. The molecule has 238 valence electrons. The Kier molecular flexibility index (Phi) is 9.10. The highest BCUT2D eigenvalue weighted by atomic mass is 16.4. The van der Waals surface area contributed by atoms with E-state index in [0.717, 1.165) is 39.4 Å². The van der Waals surface area contributed by atoms with E-state index < -0.39 is 42.0 Å². The number of nitrogens with one attached hydrogen (secondary N) is 7. The molecule has 2 aromatic carbocycles. The molecule has 13 nitrogen and oxygen atoms in total. The molecule has 1 aliphatic heterocycles. The molecular weight excluding hydrogens is 588 g/mol. The fourth-order valence-electron chi connectivity index (χ4n) is 6.00. The van der Waals surface area contributed by atoms with E-state index >= 15 is 0 Å². The predicted molar refractivity (Wildman–Crippen MR) is 171 cm³/mol. The summed E-state index contributed by atoms with van der Waals surface area (Å²) in [6.07, 6.45) is 8.25. The number of para-hydroxylation sites is 2. The molecule has 1 fully saturated rings. The van der Waals surface area contributed by atoms with Crippen molar-refractivity contribution in [2.75, 3.05) is 6.54 Å². The van der Waals surface area contributed by atoms with Crippen molar-refractivity contribution in [2.24, 2.45) is 0 Å². The molecule has 0 spiro atoms. The van der Waals surface area contributed by atoms with Crippen LogP contribution in [0.25, 0.3) is 21.8 Å². The van der Waals surface area contributed by atoms with Gasteiger partial charge in [0.1, 0.15) is 18.1 Å². The molecule has 5 aromatic rings. The lowest BCUT2D eigenvalue weighted by atomic mass is 10.0. The third kappa shape index (κ3) is 6.94. The molecule has 6 rings (SSSR count). The van der Waals surface area contributed by atoms with Gasteiger partial charge in [0.25, 0.3) is 0 Å². The van der Waals surface area contributed by atoms with Gasteiger partial charge >= 0.3 is 5.97 Å². The number of amides is 3. The van der Waals surface area contributed by atoms with Crippen LogP contribution in [-0.4, -0.2) is 79.4 Å². The molecule has 8 N–H and O–H groups in total. The minimum atomic E-state index is -1.27. The SMILES string of the molecule is O=C(O)C(Cc1cnc[nH]1)NC(=O)C(Cc1c[nH]c2ccccc12)NC(=O)C(Cc1c[nH]c2ccccc12)NC(=O)C1CCCN1. The number of carboxylic acid groups (broad SMARTS) is 1. The predicted octanol–water partition coefficient (Wildman–Crippen LogP) is 1.69. The molecule has 46 heavy (non-hydrogen) atoms. The molecule has 1 aliphatic rings. The van der Waals surface area contributed by atoms with Crippen LogP contribution < -0.4 is 21.3 Å². The Bertz CT molecular complexity index is 1840. The number of nitrogens with zero attached hydrogens (tertiary/aromatic N) is 1. The van der Waals surface area contributed by atoms with Crippen molar-refractivity contribution in [2.45, 2.75) is 56.3 Å². The van der Waals surface area contributed by atoms with Crippen LogP contribution in [0.2, 0.25) is 0 Å². The third-order valence-corrected chi connectivity index (χ3v) is 8.43. The highest BCUT2D eigenvalue weighted by Crippen LogP contribution is 2.21. The van der Waals surface area contributed by atoms with Crippen LogP contribution in [0.4, 0.5) is 0 Å². The van der Waals surface area contributed by atoms with Gasteiger partial charge in [-0.05, 0) is 42.6 Å². The van der Waals surface area contributed by atoms with Crippen LogP contribution in [0.1, 0.15) is 29.7 Å². The summed E-state index contributed by atoms with van der Waals surface area (Å²) < 4.78 is 0. The second kappa shape index (κ2) is 13.7. The second-order valence-electron chi connectivity index (χ2n) is 11.6. The first-order valence-electron chi connectivity index (χ1n) is 15.3. The summed E-state index contributed by atoms with van der Waals surface area (Å²) >= 11 is 0. The molecule has 0 saturated carbocycles. The zero-order valence-electron chi connectivity index (χ0n) is 25.0. The van der Waals surface area contributed by atoms with Crippen molar-refractivity contribution in [1.29, 1.82) is 0 Å². The average molecular weight is 625 g/mol. The molecule has 3 amide bonds. The maximum Gasteiger partial charge on any atom is 0.326 e. The number of imidazole rings is 1. The van der Waals surface area contributed by atoms with Crippen molar-refractivity contribution in [3.8, 4) is 0 Å². The fraction of sp³-hybridized carbons (Fsp3) is 0.303. The Balaban J connectivity index is 1.27. The number of hydrogen-bond donors (Lipinski definition) is 8. The molecule has 4 unspecified atom stereocenters. The lowest BCUT2D eigenvalue weighted by Crippen LogP contribution is -2.58. The summed E-state index contributed by atoms with van der Waals surface area (Å²) in [7, 11) is 0. The van der Waals surface area contributed by atoms with Crippen LogP contribution in [0.3, 0.4) is 0 Å². The highest BCUT2D eigenvalue weighted by molar-refractivity contribution is 5.95. The summed E-state index contributed by atoms with van der Waals surface area (Å²) in [4.78, 5) is 66.4. The third-order valence-electron chi connectivity index (χ3n) is 8.43. The number of aromatic amines is 3. The maximum absolute atomic E-state index is 14.1. The number of carboxylic acids is 1. The van der Waals surface area contributed by atoms with Crippen molar-refractivity contribution in [3.63, 3.8) is 0 Å². The lowest BCUT2D eigenvalue weighted by Gasteiger charge is -2.25. The number of aliphatic carboxylic acids is 1. The molecule has 4 atom stereocenters. The Hall–Kier alpha value is -5.43. The molecule has 0 radical (unpaired) electrons. The van der Waals surface area contributed by atoms with Crippen molar-refractivity contribution < 1.29 is 24.3 Å². The first kappa shape index (κ1) is 30.6. The number of carbonyl (C=O) groups excluding carboxylic acids is 3. The Labute approximate surface area is 263 Å². The summed E-state index contributed by atoms with van der Waals surface area (Å²) in [5.41, 5.74) is 3.89. The molecule has 0 aliphatic carbocycles. The summed E-state index contributed by atoms with van der Waals surface area (Å²) in [5.74, 6) is -2.74. The molecule has 1 saturated heterocycles. The van der Waals surface area contributed by atoms with Crippen LogP contribution >= 0.6 is 0 Å². The number of H-pyrrole nitrogens is 3. The second-order valence-corrected chi connectivity index (χ2v) is 11.6. The number of fused-ring (bicyclic) bond motifs is 2. The minimum absolute atomic E-state index is 0.0253. The molecule has 4 heterocycles. The van der Waals surface area contributed by atoms with Crippen LogP contribution in [-0.2, 0) is 38.4 Å². The van der Waals surface area contributed by atoms with Gasteiger partial charge in [-0.15, -0.1) is 0 Å². The van der Waals surface area contributed by atoms with Gasteiger partial charge in [-0.2, -0.15) is 0 Å².